The number of hydrogen-bond donors (Lipinski definition) is 2. The van der Waals surface area contributed by atoms with Crippen molar-refractivity contribution >= 4 is 0 Å². The summed E-state index contributed by atoms with van der Waals surface area (Å²) in [5.74, 6) is 0. The summed E-state index contributed by atoms with van der Waals surface area (Å²) in [6.45, 7) is 2.15. The molecule has 0 saturated heterocycles. The van der Waals surface area contributed by atoms with Gasteiger partial charge in [0.15, 0.2) is 0 Å². The van der Waals surface area contributed by atoms with Crippen LogP contribution in [0, 0.1) is 7.05 Å². The lowest BCUT2D eigenvalue weighted by atomic mass is 9.93. The molecular formula is C10H22N2O. The molecule has 0 aromatic rings. The van der Waals surface area contributed by atoms with Gasteiger partial charge < -0.3 is 15.4 Å². The molecule has 78 valence electrons. The van der Waals surface area contributed by atoms with Gasteiger partial charge >= 0.3 is 0 Å². The third kappa shape index (κ3) is 4.07. The van der Waals surface area contributed by atoms with Crippen LogP contribution in [0.25, 0.3) is 0 Å². The Morgan fingerprint density at radius 2 is 2.08 bits per heavy atom. The first-order valence-electron chi connectivity index (χ1n) is 5.24. The van der Waals surface area contributed by atoms with Crippen molar-refractivity contribution in [1.29, 1.82) is 0 Å². The molecule has 0 atom stereocenters. The number of nitrogens with one attached hydrogen (secondary N) is 1. The summed E-state index contributed by atoms with van der Waals surface area (Å²) in [6, 6.07) is 0.714. The Balaban J connectivity index is 2.03. The molecule has 1 saturated carbocycles. The van der Waals surface area contributed by atoms with E-state index in [1.807, 2.05) is 12.4 Å². The standard InChI is InChI=1S/C10H22N2O/c1-11-7-8-12-9-3-5-10(13-2)6-4-9/h9-10,12H,1,3-8,11H2,2H3. The van der Waals surface area contributed by atoms with E-state index in [1.165, 1.54) is 25.7 Å². The average molecular weight is 186 g/mol. The molecule has 0 amide bonds. The first kappa shape index (κ1) is 11.0. The first-order chi connectivity index (χ1) is 6.36. The lowest BCUT2D eigenvalue weighted by molar-refractivity contribution is -0.593. The number of methoxy groups -OCH3 is 1. The highest BCUT2D eigenvalue weighted by molar-refractivity contribution is 4.76. The van der Waals surface area contributed by atoms with Crippen LogP contribution in [-0.2, 0) is 4.74 Å². The van der Waals surface area contributed by atoms with E-state index in [-0.39, 0.29) is 0 Å². The Bertz CT molecular complexity index is 119. The number of ether oxygens (including phenoxy) is 1. The summed E-state index contributed by atoms with van der Waals surface area (Å²) in [7, 11) is 5.52. The van der Waals surface area contributed by atoms with Crippen molar-refractivity contribution < 1.29 is 10.1 Å². The summed E-state index contributed by atoms with van der Waals surface area (Å²) in [4.78, 5) is 0. The highest BCUT2D eigenvalue weighted by atomic mass is 16.5. The largest absolute Gasteiger partial charge is 0.478 e. The van der Waals surface area contributed by atoms with Crippen molar-refractivity contribution in [2.45, 2.75) is 37.8 Å². The highest BCUT2D eigenvalue weighted by Gasteiger charge is 2.19. The van der Waals surface area contributed by atoms with E-state index in [2.05, 4.69) is 12.4 Å². The van der Waals surface area contributed by atoms with Gasteiger partial charge in [-0.05, 0) is 25.7 Å². The molecule has 3 heteroatoms. The predicted octanol–water partition coefficient (Wildman–Crippen LogP) is -0.111. The molecule has 0 radical (unpaired) electrons. The second-order valence-corrected chi connectivity index (χ2v) is 3.74. The molecule has 0 bridgehead atoms. The quantitative estimate of drug-likeness (QED) is 0.464. The van der Waals surface area contributed by atoms with Crippen molar-refractivity contribution in [3.05, 3.63) is 7.05 Å². The van der Waals surface area contributed by atoms with Gasteiger partial charge in [0.05, 0.1) is 12.6 Å². The fourth-order valence-electron chi connectivity index (χ4n) is 1.89. The second-order valence-electron chi connectivity index (χ2n) is 3.74. The number of nitrogens with two attached hydrogens (primary N) is 1. The van der Waals surface area contributed by atoms with Gasteiger partial charge in [-0.2, -0.15) is 7.05 Å². The van der Waals surface area contributed by atoms with Crippen LogP contribution in [0.3, 0.4) is 0 Å². The van der Waals surface area contributed by atoms with Crippen LogP contribution in [0.1, 0.15) is 25.7 Å². The van der Waals surface area contributed by atoms with E-state index >= 15 is 0 Å². The molecule has 0 spiro atoms. The van der Waals surface area contributed by atoms with Crippen LogP contribution in [0.2, 0.25) is 0 Å². The van der Waals surface area contributed by atoms with Crippen molar-refractivity contribution in [2.24, 2.45) is 0 Å². The molecule has 0 aromatic heterocycles. The lowest BCUT2D eigenvalue weighted by Gasteiger charge is -2.28. The normalized spacial score (nSPS) is 29.1. The zero-order valence-electron chi connectivity index (χ0n) is 8.59. The fourth-order valence-corrected chi connectivity index (χ4v) is 1.89. The zero-order valence-corrected chi connectivity index (χ0v) is 8.59. The monoisotopic (exact) mass is 186 g/mol. The van der Waals surface area contributed by atoms with Crippen molar-refractivity contribution in [3.8, 4) is 0 Å². The van der Waals surface area contributed by atoms with Gasteiger partial charge in [0.2, 0.25) is 0 Å². The summed E-state index contributed by atoms with van der Waals surface area (Å²) in [6.07, 6.45) is 5.45. The SMILES string of the molecule is [CH2-][NH2+]CCNC1CCC(OC)CC1. The number of hydrogen-bond acceptors (Lipinski definition) is 2. The maximum absolute atomic E-state index is 5.32. The maximum Gasteiger partial charge on any atom is 0.0642 e. The maximum atomic E-state index is 5.32. The van der Waals surface area contributed by atoms with Crippen LogP contribution < -0.4 is 10.6 Å². The minimum atomic E-state index is 0.512. The average Bonchev–Trinajstić information content (AvgIpc) is 2.19. The Hall–Kier alpha value is -0.120. The molecule has 0 aliphatic heterocycles. The van der Waals surface area contributed by atoms with Crippen LogP contribution in [0.15, 0.2) is 0 Å². The smallest absolute Gasteiger partial charge is 0.0642 e. The predicted molar refractivity (Wildman–Crippen MR) is 53.2 cm³/mol. The van der Waals surface area contributed by atoms with E-state index in [0.29, 0.717) is 12.1 Å². The molecule has 0 unspecified atom stereocenters. The van der Waals surface area contributed by atoms with E-state index in [1.54, 1.807) is 0 Å². The Morgan fingerprint density at radius 3 is 2.62 bits per heavy atom. The van der Waals surface area contributed by atoms with Crippen molar-refractivity contribution in [2.75, 3.05) is 20.2 Å². The zero-order chi connectivity index (χ0) is 9.52. The van der Waals surface area contributed by atoms with E-state index in [9.17, 15) is 0 Å². The summed E-state index contributed by atoms with van der Waals surface area (Å²) >= 11 is 0. The molecule has 0 aromatic carbocycles. The third-order valence-corrected chi connectivity index (χ3v) is 2.79. The molecule has 13 heavy (non-hydrogen) atoms. The minimum Gasteiger partial charge on any atom is -0.478 e. The van der Waals surface area contributed by atoms with Gasteiger partial charge in [-0.25, -0.2) is 0 Å². The molecular weight excluding hydrogens is 164 g/mol. The molecule has 1 rings (SSSR count). The molecule has 3 nitrogen and oxygen atoms in total. The van der Waals surface area contributed by atoms with Crippen LogP contribution >= 0.6 is 0 Å². The summed E-state index contributed by atoms with van der Waals surface area (Å²) in [5, 5.41) is 5.51. The molecule has 3 N–H and O–H groups in total. The van der Waals surface area contributed by atoms with Gasteiger partial charge in [0.25, 0.3) is 0 Å². The second kappa shape index (κ2) is 6.35. The molecule has 1 aliphatic carbocycles. The van der Waals surface area contributed by atoms with Crippen molar-refractivity contribution in [1.82, 2.24) is 5.32 Å². The molecule has 1 fully saturated rings. The molecule has 1 aliphatic rings. The van der Waals surface area contributed by atoms with Gasteiger partial charge in [-0.1, -0.05) is 0 Å². The highest BCUT2D eigenvalue weighted by Crippen LogP contribution is 2.20. The lowest BCUT2D eigenvalue weighted by Crippen LogP contribution is -2.78. The Morgan fingerprint density at radius 1 is 1.38 bits per heavy atom. The van der Waals surface area contributed by atoms with Crippen LogP contribution in [0.4, 0.5) is 0 Å². The van der Waals surface area contributed by atoms with Gasteiger partial charge in [-0.3, -0.25) is 0 Å². The molecule has 0 heterocycles. The number of quaternary nitrogens is 1. The first-order valence-corrected chi connectivity index (χ1v) is 5.24. The van der Waals surface area contributed by atoms with Crippen LogP contribution in [-0.4, -0.2) is 32.3 Å². The topological polar surface area (TPSA) is 37.9 Å². The third-order valence-electron chi connectivity index (χ3n) is 2.79. The number of rotatable bonds is 5. The summed E-state index contributed by atoms with van der Waals surface area (Å²) in [5.41, 5.74) is 0. The fraction of sp³-hybridized carbons (Fsp3) is 0.900. The van der Waals surface area contributed by atoms with E-state index in [0.717, 1.165) is 13.1 Å². The Kier molecular flexibility index (Phi) is 5.35. The van der Waals surface area contributed by atoms with Crippen LogP contribution in [0.5, 0.6) is 0 Å². The van der Waals surface area contributed by atoms with Gasteiger partial charge in [0, 0.05) is 19.7 Å². The van der Waals surface area contributed by atoms with Crippen molar-refractivity contribution in [3.63, 3.8) is 0 Å². The minimum absolute atomic E-state index is 0.512. The summed E-state index contributed by atoms with van der Waals surface area (Å²) < 4.78 is 5.32. The Labute approximate surface area is 81.2 Å². The van der Waals surface area contributed by atoms with Gasteiger partial charge in [0.1, 0.15) is 0 Å². The van der Waals surface area contributed by atoms with E-state index < -0.39 is 0 Å². The van der Waals surface area contributed by atoms with Gasteiger partial charge in [-0.15, -0.1) is 0 Å². The van der Waals surface area contributed by atoms with E-state index in [4.69, 9.17) is 4.74 Å².